The van der Waals surface area contributed by atoms with Crippen LogP contribution >= 0.6 is 15.9 Å². The molecule has 3 heteroatoms. The molecule has 72 valence electrons. The average Bonchev–Trinajstić information content (AvgIpc) is 2.09. The Balaban J connectivity index is 2.56. The van der Waals surface area contributed by atoms with Crippen molar-refractivity contribution >= 4 is 15.9 Å². The minimum atomic E-state index is 0.693. The van der Waals surface area contributed by atoms with Gasteiger partial charge in [0.2, 0.25) is 0 Å². The Kier molecular flexibility index (Phi) is 4.25. The van der Waals surface area contributed by atoms with Gasteiger partial charge in [0, 0.05) is 6.54 Å². The Morgan fingerprint density at radius 3 is 2.85 bits per heavy atom. The molecule has 0 saturated carbocycles. The minimum Gasteiger partial charge on any atom is -0.491 e. The second-order valence-electron chi connectivity index (χ2n) is 2.89. The molecule has 1 aromatic carbocycles. The number of rotatable bonds is 4. The fourth-order valence-corrected chi connectivity index (χ4v) is 1.59. The molecule has 0 heterocycles. The molecule has 0 aliphatic carbocycles. The molecule has 1 rings (SSSR count). The number of benzene rings is 1. The Labute approximate surface area is 87.4 Å². The summed E-state index contributed by atoms with van der Waals surface area (Å²) in [5, 5.41) is 3.03. The Morgan fingerprint density at radius 2 is 2.23 bits per heavy atom. The first-order valence-corrected chi connectivity index (χ1v) is 5.07. The molecule has 0 saturated heterocycles. The summed E-state index contributed by atoms with van der Waals surface area (Å²) in [6, 6.07) is 6.07. The maximum atomic E-state index is 5.52. The smallest absolute Gasteiger partial charge is 0.133 e. The molecule has 13 heavy (non-hydrogen) atoms. The van der Waals surface area contributed by atoms with Crippen molar-refractivity contribution in [3.05, 3.63) is 28.2 Å². The minimum absolute atomic E-state index is 0.693. The molecule has 0 atom stereocenters. The Bertz CT molecular complexity index is 276. The van der Waals surface area contributed by atoms with E-state index < -0.39 is 0 Å². The van der Waals surface area contributed by atoms with Crippen LogP contribution in [0.1, 0.15) is 5.56 Å². The standard InChI is InChI=1S/C10H14BrNO/c1-8-3-4-10(9(11)7-8)13-6-5-12-2/h3-4,7,12H,5-6H2,1-2H3. The van der Waals surface area contributed by atoms with Crippen molar-refractivity contribution in [2.24, 2.45) is 0 Å². The zero-order valence-corrected chi connectivity index (χ0v) is 9.52. The molecule has 0 aliphatic rings. The fraction of sp³-hybridized carbons (Fsp3) is 0.400. The van der Waals surface area contributed by atoms with Crippen LogP contribution in [0, 0.1) is 6.92 Å². The summed E-state index contributed by atoms with van der Waals surface area (Å²) in [5.41, 5.74) is 1.23. The van der Waals surface area contributed by atoms with Gasteiger partial charge in [-0.25, -0.2) is 0 Å². The highest BCUT2D eigenvalue weighted by Crippen LogP contribution is 2.25. The third kappa shape index (κ3) is 3.36. The molecular formula is C10H14BrNO. The quantitative estimate of drug-likeness (QED) is 0.821. The number of aryl methyl sites for hydroxylation is 1. The lowest BCUT2D eigenvalue weighted by Crippen LogP contribution is -2.16. The van der Waals surface area contributed by atoms with Crippen molar-refractivity contribution in [2.45, 2.75) is 6.92 Å². The van der Waals surface area contributed by atoms with E-state index in [2.05, 4.69) is 34.2 Å². The molecule has 0 fully saturated rings. The van der Waals surface area contributed by atoms with Crippen molar-refractivity contribution in [3.8, 4) is 5.75 Å². The molecule has 0 bridgehead atoms. The van der Waals surface area contributed by atoms with E-state index in [0.29, 0.717) is 6.61 Å². The van der Waals surface area contributed by atoms with E-state index in [4.69, 9.17) is 4.74 Å². The van der Waals surface area contributed by atoms with Crippen LogP contribution in [0.2, 0.25) is 0 Å². The average molecular weight is 244 g/mol. The van der Waals surface area contributed by atoms with E-state index in [1.807, 2.05) is 19.2 Å². The van der Waals surface area contributed by atoms with Gasteiger partial charge in [0.1, 0.15) is 12.4 Å². The first-order chi connectivity index (χ1) is 6.24. The van der Waals surface area contributed by atoms with Gasteiger partial charge in [-0.1, -0.05) is 6.07 Å². The Hall–Kier alpha value is -0.540. The second-order valence-corrected chi connectivity index (χ2v) is 3.74. The van der Waals surface area contributed by atoms with Crippen LogP contribution in [0.25, 0.3) is 0 Å². The molecule has 0 spiro atoms. The van der Waals surface area contributed by atoms with Gasteiger partial charge in [0.15, 0.2) is 0 Å². The predicted molar refractivity (Wildman–Crippen MR) is 58.3 cm³/mol. The van der Waals surface area contributed by atoms with Gasteiger partial charge in [-0.2, -0.15) is 0 Å². The highest BCUT2D eigenvalue weighted by atomic mass is 79.9. The molecule has 2 nitrogen and oxygen atoms in total. The van der Waals surface area contributed by atoms with Crippen LogP contribution in [0.4, 0.5) is 0 Å². The molecule has 1 N–H and O–H groups in total. The van der Waals surface area contributed by atoms with Crippen molar-refractivity contribution < 1.29 is 4.74 Å². The van der Waals surface area contributed by atoms with Crippen LogP contribution in [-0.4, -0.2) is 20.2 Å². The first kappa shape index (κ1) is 10.5. The van der Waals surface area contributed by atoms with Gasteiger partial charge in [0.05, 0.1) is 4.47 Å². The third-order valence-electron chi connectivity index (χ3n) is 1.70. The molecular weight excluding hydrogens is 230 g/mol. The fourth-order valence-electron chi connectivity index (χ4n) is 0.986. The summed E-state index contributed by atoms with van der Waals surface area (Å²) in [6.45, 7) is 3.61. The molecule has 0 unspecified atom stereocenters. The van der Waals surface area contributed by atoms with E-state index in [1.54, 1.807) is 0 Å². The van der Waals surface area contributed by atoms with Gasteiger partial charge < -0.3 is 10.1 Å². The maximum absolute atomic E-state index is 5.52. The number of nitrogens with one attached hydrogen (secondary N) is 1. The number of hydrogen-bond acceptors (Lipinski definition) is 2. The molecule has 1 aromatic rings. The zero-order valence-electron chi connectivity index (χ0n) is 7.93. The summed E-state index contributed by atoms with van der Waals surface area (Å²) in [7, 11) is 1.91. The van der Waals surface area contributed by atoms with Crippen molar-refractivity contribution in [3.63, 3.8) is 0 Å². The van der Waals surface area contributed by atoms with Gasteiger partial charge in [-0.15, -0.1) is 0 Å². The number of ether oxygens (including phenoxy) is 1. The first-order valence-electron chi connectivity index (χ1n) is 4.27. The van der Waals surface area contributed by atoms with Crippen LogP contribution in [0.5, 0.6) is 5.75 Å². The van der Waals surface area contributed by atoms with Crippen LogP contribution in [0.15, 0.2) is 22.7 Å². The number of hydrogen-bond donors (Lipinski definition) is 1. The van der Waals surface area contributed by atoms with Crippen molar-refractivity contribution in [1.29, 1.82) is 0 Å². The van der Waals surface area contributed by atoms with Crippen LogP contribution in [0.3, 0.4) is 0 Å². The molecule has 0 radical (unpaired) electrons. The summed E-state index contributed by atoms with van der Waals surface area (Å²) in [6.07, 6.45) is 0. The lowest BCUT2D eigenvalue weighted by Gasteiger charge is -2.07. The van der Waals surface area contributed by atoms with Crippen LogP contribution in [-0.2, 0) is 0 Å². The lowest BCUT2D eigenvalue weighted by molar-refractivity contribution is 0.316. The van der Waals surface area contributed by atoms with Crippen molar-refractivity contribution in [1.82, 2.24) is 5.32 Å². The second kappa shape index (κ2) is 5.25. The topological polar surface area (TPSA) is 21.3 Å². The number of halogens is 1. The van der Waals surface area contributed by atoms with Gasteiger partial charge in [0.25, 0.3) is 0 Å². The monoisotopic (exact) mass is 243 g/mol. The van der Waals surface area contributed by atoms with E-state index in [9.17, 15) is 0 Å². The number of likely N-dealkylation sites (N-methyl/N-ethyl adjacent to an activating group) is 1. The van der Waals surface area contributed by atoms with Crippen molar-refractivity contribution in [2.75, 3.05) is 20.2 Å². The molecule has 0 aliphatic heterocycles. The van der Waals surface area contributed by atoms with Gasteiger partial charge in [-0.3, -0.25) is 0 Å². The summed E-state index contributed by atoms with van der Waals surface area (Å²) < 4.78 is 6.54. The maximum Gasteiger partial charge on any atom is 0.133 e. The molecule has 0 aromatic heterocycles. The van der Waals surface area contributed by atoms with E-state index in [-0.39, 0.29) is 0 Å². The summed E-state index contributed by atoms with van der Waals surface area (Å²) in [5.74, 6) is 0.904. The van der Waals surface area contributed by atoms with E-state index in [0.717, 1.165) is 16.8 Å². The zero-order chi connectivity index (χ0) is 9.68. The SMILES string of the molecule is CNCCOc1ccc(C)cc1Br. The normalized spacial score (nSPS) is 10.1. The highest BCUT2D eigenvalue weighted by molar-refractivity contribution is 9.10. The van der Waals surface area contributed by atoms with Gasteiger partial charge in [-0.05, 0) is 47.6 Å². The summed E-state index contributed by atoms with van der Waals surface area (Å²) >= 11 is 3.45. The van der Waals surface area contributed by atoms with Crippen LogP contribution < -0.4 is 10.1 Å². The van der Waals surface area contributed by atoms with E-state index in [1.165, 1.54) is 5.56 Å². The van der Waals surface area contributed by atoms with E-state index >= 15 is 0 Å². The van der Waals surface area contributed by atoms with Gasteiger partial charge >= 0.3 is 0 Å². The third-order valence-corrected chi connectivity index (χ3v) is 2.32. The summed E-state index contributed by atoms with van der Waals surface area (Å²) in [4.78, 5) is 0. The molecule has 0 amide bonds. The lowest BCUT2D eigenvalue weighted by atomic mass is 10.2. The highest BCUT2D eigenvalue weighted by Gasteiger charge is 1.99. The Morgan fingerprint density at radius 1 is 1.46 bits per heavy atom. The largest absolute Gasteiger partial charge is 0.491 e. The predicted octanol–water partition coefficient (Wildman–Crippen LogP) is 2.36.